The van der Waals surface area contributed by atoms with Crippen molar-refractivity contribution >= 4 is 32.7 Å². The second-order valence-corrected chi connectivity index (χ2v) is 6.45. The van der Waals surface area contributed by atoms with E-state index in [1.165, 1.54) is 30.3 Å². The summed E-state index contributed by atoms with van der Waals surface area (Å²) < 4.78 is 39.6. The fraction of sp³-hybridized carbons (Fsp3) is 0.0714. The van der Waals surface area contributed by atoms with E-state index in [0.29, 0.717) is 4.90 Å². The van der Waals surface area contributed by atoms with Crippen molar-refractivity contribution in [3.8, 4) is 0 Å². The van der Waals surface area contributed by atoms with E-state index in [0.717, 1.165) is 6.07 Å². The molecule has 0 aliphatic heterocycles. The number of carboxylic acids is 1. The average Bonchev–Trinajstić information content (AvgIpc) is 2.47. The Hall–Kier alpha value is -1.60. The van der Waals surface area contributed by atoms with Gasteiger partial charge in [0.1, 0.15) is 11.6 Å². The zero-order valence-corrected chi connectivity index (χ0v) is 12.9. The van der Waals surface area contributed by atoms with Gasteiger partial charge in [0.2, 0.25) is 0 Å². The van der Waals surface area contributed by atoms with Crippen LogP contribution in [0.4, 0.5) is 8.78 Å². The monoisotopic (exact) mass is 374 g/mol. The Kier molecular flexibility index (Phi) is 4.84. The number of hydrogen-bond donors (Lipinski definition) is 1. The van der Waals surface area contributed by atoms with Crippen LogP contribution >= 0.6 is 15.9 Å². The fourth-order valence-electron chi connectivity index (χ4n) is 1.67. The second-order valence-electron chi connectivity index (χ2n) is 4.14. The third-order valence-corrected chi connectivity index (χ3v) is 4.74. The summed E-state index contributed by atoms with van der Waals surface area (Å²) in [6, 6.07) is 7.65. The van der Waals surface area contributed by atoms with Crippen molar-refractivity contribution in [1.29, 1.82) is 0 Å². The Bertz CT molecular complexity index is 717. The van der Waals surface area contributed by atoms with Crippen LogP contribution in [0.2, 0.25) is 0 Å². The number of carbonyl (C=O) groups is 1. The van der Waals surface area contributed by atoms with E-state index < -0.39 is 28.4 Å². The molecule has 0 radical (unpaired) electrons. The summed E-state index contributed by atoms with van der Waals surface area (Å²) >= 11 is 2.95. The number of halogens is 3. The predicted octanol–water partition coefficient (Wildman–Crippen LogP) is 3.73. The van der Waals surface area contributed by atoms with Gasteiger partial charge in [0.25, 0.3) is 0 Å². The highest BCUT2D eigenvalue weighted by Crippen LogP contribution is 2.24. The fourth-order valence-corrected chi connectivity index (χ4v) is 3.17. The maximum Gasteiger partial charge on any atom is 0.335 e. The lowest BCUT2D eigenvalue weighted by atomic mass is 10.2. The van der Waals surface area contributed by atoms with Crippen molar-refractivity contribution in [2.75, 3.05) is 0 Å². The van der Waals surface area contributed by atoms with Gasteiger partial charge in [-0.2, -0.15) is 0 Å². The molecule has 0 amide bonds. The SMILES string of the molecule is O=C(O)c1ccc(S(=O)Cc2c(F)ccc(Br)c2F)cc1. The molecule has 21 heavy (non-hydrogen) atoms. The van der Waals surface area contributed by atoms with Crippen molar-refractivity contribution in [3.05, 3.63) is 63.6 Å². The molecule has 110 valence electrons. The minimum absolute atomic E-state index is 0.0515. The van der Waals surface area contributed by atoms with Crippen LogP contribution < -0.4 is 0 Å². The molecule has 3 nitrogen and oxygen atoms in total. The lowest BCUT2D eigenvalue weighted by Crippen LogP contribution is -2.03. The number of hydrogen-bond acceptors (Lipinski definition) is 2. The molecule has 0 aromatic heterocycles. The summed E-state index contributed by atoms with van der Waals surface area (Å²) in [4.78, 5) is 11.0. The van der Waals surface area contributed by atoms with Crippen molar-refractivity contribution < 1.29 is 22.9 Å². The van der Waals surface area contributed by atoms with Crippen LogP contribution in [-0.2, 0) is 16.6 Å². The van der Waals surface area contributed by atoms with Crippen LogP contribution in [0.3, 0.4) is 0 Å². The highest BCUT2D eigenvalue weighted by atomic mass is 79.9. The van der Waals surface area contributed by atoms with Crippen LogP contribution in [0.1, 0.15) is 15.9 Å². The van der Waals surface area contributed by atoms with Crippen LogP contribution in [-0.4, -0.2) is 15.3 Å². The summed E-state index contributed by atoms with van der Waals surface area (Å²) in [6.07, 6.45) is 0. The van der Waals surface area contributed by atoms with Crippen molar-refractivity contribution in [3.63, 3.8) is 0 Å². The molecule has 0 fully saturated rings. The molecule has 2 aromatic rings. The summed E-state index contributed by atoms with van der Waals surface area (Å²) in [7, 11) is -1.68. The first-order chi connectivity index (χ1) is 9.90. The Morgan fingerprint density at radius 3 is 2.33 bits per heavy atom. The summed E-state index contributed by atoms with van der Waals surface area (Å²) in [6.45, 7) is 0. The van der Waals surface area contributed by atoms with Gasteiger partial charge in [-0.1, -0.05) is 0 Å². The molecular weight excluding hydrogens is 366 g/mol. The number of carboxylic acid groups (broad SMARTS) is 1. The number of aromatic carboxylic acids is 1. The topological polar surface area (TPSA) is 54.4 Å². The smallest absolute Gasteiger partial charge is 0.335 e. The van der Waals surface area contributed by atoms with Crippen molar-refractivity contribution in [2.24, 2.45) is 0 Å². The highest BCUT2D eigenvalue weighted by molar-refractivity contribution is 9.10. The van der Waals surface area contributed by atoms with Gasteiger partial charge in [0.15, 0.2) is 0 Å². The van der Waals surface area contributed by atoms with Gasteiger partial charge in [-0.3, -0.25) is 4.21 Å². The molecule has 0 saturated carbocycles. The second kappa shape index (κ2) is 6.44. The first-order valence-electron chi connectivity index (χ1n) is 5.74. The van der Waals surface area contributed by atoms with Crippen molar-refractivity contribution in [1.82, 2.24) is 0 Å². The molecule has 1 atom stereocenters. The molecule has 1 N–H and O–H groups in total. The number of rotatable bonds is 4. The Balaban J connectivity index is 2.26. The molecule has 2 aromatic carbocycles. The van der Waals surface area contributed by atoms with E-state index in [1.807, 2.05) is 0 Å². The zero-order valence-electron chi connectivity index (χ0n) is 10.5. The summed E-state index contributed by atoms with van der Waals surface area (Å²) in [5.41, 5.74) is -0.222. The van der Waals surface area contributed by atoms with E-state index in [2.05, 4.69) is 15.9 Å². The molecule has 0 bridgehead atoms. The van der Waals surface area contributed by atoms with Gasteiger partial charge in [-0.05, 0) is 52.3 Å². The molecule has 7 heteroatoms. The standard InChI is InChI=1S/C14H9BrF2O3S/c15-11-5-6-12(16)10(13(11)17)7-21(20)9-3-1-8(2-4-9)14(18)19/h1-6H,7H2,(H,18,19). The Morgan fingerprint density at radius 1 is 1.14 bits per heavy atom. The van der Waals surface area contributed by atoms with Gasteiger partial charge < -0.3 is 5.11 Å². The molecular formula is C14H9BrF2O3S. The van der Waals surface area contributed by atoms with Crippen LogP contribution in [0.5, 0.6) is 0 Å². The first kappa shape index (κ1) is 15.8. The van der Waals surface area contributed by atoms with Crippen LogP contribution in [0.25, 0.3) is 0 Å². The quantitative estimate of drug-likeness (QED) is 0.829. The van der Waals surface area contributed by atoms with Gasteiger partial charge in [-0.25, -0.2) is 13.6 Å². The number of benzene rings is 2. The van der Waals surface area contributed by atoms with E-state index in [1.54, 1.807) is 0 Å². The maximum atomic E-state index is 13.8. The Morgan fingerprint density at radius 2 is 1.76 bits per heavy atom. The third kappa shape index (κ3) is 3.54. The van der Waals surface area contributed by atoms with Gasteiger partial charge >= 0.3 is 5.97 Å². The van der Waals surface area contributed by atoms with E-state index in [-0.39, 0.29) is 21.4 Å². The molecule has 2 rings (SSSR count). The van der Waals surface area contributed by atoms with Crippen LogP contribution in [0, 0.1) is 11.6 Å². The van der Waals surface area contributed by atoms with Gasteiger partial charge in [0, 0.05) is 10.5 Å². The van der Waals surface area contributed by atoms with E-state index in [4.69, 9.17) is 5.11 Å². The van der Waals surface area contributed by atoms with E-state index in [9.17, 15) is 17.8 Å². The Labute approximate surface area is 130 Å². The normalized spacial score (nSPS) is 12.1. The van der Waals surface area contributed by atoms with Gasteiger partial charge in [-0.15, -0.1) is 0 Å². The largest absolute Gasteiger partial charge is 0.478 e. The molecule has 0 aliphatic rings. The summed E-state index contributed by atoms with van der Waals surface area (Å²) in [5, 5.41) is 8.77. The molecule has 0 heterocycles. The molecule has 0 saturated heterocycles. The van der Waals surface area contributed by atoms with Gasteiger partial charge in [0.05, 0.1) is 26.6 Å². The third-order valence-electron chi connectivity index (χ3n) is 2.78. The predicted molar refractivity (Wildman–Crippen MR) is 77.6 cm³/mol. The molecule has 0 spiro atoms. The zero-order chi connectivity index (χ0) is 15.6. The average molecular weight is 375 g/mol. The molecule has 0 aliphatic carbocycles. The van der Waals surface area contributed by atoms with Crippen molar-refractivity contribution in [2.45, 2.75) is 10.6 Å². The lowest BCUT2D eigenvalue weighted by Gasteiger charge is -2.07. The van der Waals surface area contributed by atoms with E-state index >= 15 is 0 Å². The minimum Gasteiger partial charge on any atom is -0.478 e. The summed E-state index contributed by atoms with van der Waals surface area (Å²) in [5.74, 6) is -2.99. The lowest BCUT2D eigenvalue weighted by molar-refractivity contribution is 0.0697. The first-order valence-corrected chi connectivity index (χ1v) is 7.85. The minimum atomic E-state index is -1.68. The molecule has 1 unspecified atom stereocenters. The van der Waals surface area contributed by atoms with Crippen LogP contribution in [0.15, 0.2) is 45.8 Å². The maximum absolute atomic E-state index is 13.8. The highest BCUT2D eigenvalue weighted by Gasteiger charge is 2.16.